The van der Waals surface area contributed by atoms with Gasteiger partial charge < -0.3 is 15.4 Å². The zero-order chi connectivity index (χ0) is 16.7. The molecular formula is C18H20N2O3. The van der Waals surface area contributed by atoms with Gasteiger partial charge in [-0.05, 0) is 30.2 Å². The molecule has 0 aliphatic carbocycles. The summed E-state index contributed by atoms with van der Waals surface area (Å²) in [6.45, 7) is 1.89. The Morgan fingerprint density at radius 1 is 1.04 bits per heavy atom. The van der Waals surface area contributed by atoms with E-state index in [2.05, 4.69) is 10.6 Å². The van der Waals surface area contributed by atoms with Crippen LogP contribution < -0.4 is 15.4 Å². The molecule has 2 aromatic carbocycles. The molecule has 0 radical (unpaired) electrons. The number of carbonyl (C=O) groups is 2. The van der Waals surface area contributed by atoms with E-state index in [0.717, 1.165) is 11.1 Å². The molecule has 0 aliphatic rings. The van der Waals surface area contributed by atoms with Crippen LogP contribution in [0.25, 0.3) is 0 Å². The lowest BCUT2D eigenvalue weighted by Gasteiger charge is -2.09. The minimum Gasteiger partial charge on any atom is -0.497 e. The van der Waals surface area contributed by atoms with Gasteiger partial charge in [0.2, 0.25) is 11.8 Å². The minimum absolute atomic E-state index is 0.0675. The van der Waals surface area contributed by atoms with E-state index in [0.29, 0.717) is 11.4 Å². The van der Waals surface area contributed by atoms with E-state index < -0.39 is 0 Å². The highest BCUT2D eigenvalue weighted by molar-refractivity contribution is 5.94. The largest absolute Gasteiger partial charge is 0.497 e. The van der Waals surface area contributed by atoms with Crippen LogP contribution in [0.1, 0.15) is 11.1 Å². The van der Waals surface area contributed by atoms with Crippen molar-refractivity contribution in [1.29, 1.82) is 0 Å². The van der Waals surface area contributed by atoms with Crippen molar-refractivity contribution < 1.29 is 14.3 Å². The first-order valence-electron chi connectivity index (χ1n) is 7.33. The SMILES string of the molecule is COc1cccc(NC(=O)CNC(=O)Cc2ccccc2C)c1. The van der Waals surface area contributed by atoms with Crippen LogP contribution in [0.4, 0.5) is 5.69 Å². The topological polar surface area (TPSA) is 67.4 Å². The monoisotopic (exact) mass is 312 g/mol. The predicted octanol–water partition coefficient (Wildman–Crippen LogP) is 2.30. The van der Waals surface area contributed by atoms with Crippen LogP contribution in [-0.4, -0.2) is 25.5 Å². The second kappa shape index (κ2) is 7.98. The molecule has 2 aromatic rings. The molecule has 0 saturated carbocycles. The van der Waals surface area contributed by atoms with Gasteiger partial charge >= 0.3 is 0 Å². The summed E-state index contributed by atoms with van der Waals surface area (Å²) in [5.41, 5.74) is 2.64. The Labute approximate surface area is 135 Å². The van der Waals surface area contributed by atoms with E-state index in [1.54, 1.807) is 31.4 Å². The van der Waals surface area contributed by atoms with Crippen LogP contribution in [-0.2, 0) is 16.0 Å². The van der Waals surface area contributed by atoms with Crippen molar-refractivity contribution in [1.82, 2.24) is 5.32 Å². The minimum atomic E-state index is -0.281. The normalized spacial score (nSPS) is 10.0. The summed E-state index contributed by atoms with van der Waals surface area (Å²) >= 11 is 0. The first-order chi connectivity index (χ1) is 11.1. The van der Waals surface area contributed by atoms with Crippen molar-refractivity contribution in [3.8, 4) is 5.75 Å². The number of ether oxygens (including phenoxy) is 1. The lowest BCUT2D eigenvalue weighted by atomic mass is 10.1. The van der Waals surface area contributed by atoms with Crippen LogP contribution in [0.2, 0.25) is 0 Å². The number of amides is 2. The average molecular weight is 312 g/mol. The van der Waals surface area contributed by atoms with Crippen LogP contribution in [0.15, 0.2) is 48.5 Å². The van der Waals surface area contributed by atoms with Gasteiger partial charge in [-0.2, -0.15) is 0 Å². The average Bonchev–Trinajstić information content (AvgIpc) is 2.55. The zero-order valence-electron chi connectivity index (χ0n) is 13.3. The number of nitrogens with one attached hydrogen (secondary N) is 2. The molecule has 2 amide bonds. The number of hydrogen-bond acceptors (Lipinski definition) is 3. The van der Waals surface area contributed by atoms with Gasteiger partial charge in [0.15, 0.2) is 0 Å². The molecule has 2 rings (SSSR count). The Hall–Kier alpha value is -2.82. The molecule has 0 aliphatic heterocycles. The molecule has 0 heterocycles. The quantitative estimate of drug-likeness (QED) is 0.860. The smallest absolute Gasteiger partial charge is 0.243 e. The number of aryl methyl sites for hydroxylation is 1. The van der Waals surface area contributed by atoms with Crippen molar-refractivity contribution in [3.05, 3.63) is 59.7 Å². The lowest BCUT2D eigenvalue weighted by molar-refractivity contribution is -0.123. The van der Waals surface area contributed by atoms with Gasteiger partial charge in [-0.25, -0.2) is 0 Å². The van der Waals surface area contributed by atoms with Gasteiger partial charge in [0.1, 0.15) is 5.75 Å². The Kier molecular flexibility index (Phi) is 5.74. The van der Waals surface area contributed by atoms with Crippen molar-refractivity contribution in [2.75, 3.05) is 19.0 Å². The molecule has 5 nitrogen and oxygen atoms in total. The van der Waals surface area contributed by atoms with Gasteiger partial charge in [-0.1, -0.05) is 30.3 Å². The molecule has 0 unspecified atom stereocenters. The molecule has 0 saturated heterocycles. The fraction of sp³-hybridized carbons (Fsp3) is 0.222. The van der Waals surface area contributed by atoms with E-state index in [1.165, 1.54) is 0 Å². The molecule has 2 N–H and O–H groups in total. The number of rotatable bonds is 6. The van der Waals surface area contributed by atoms with Crippen LogP contribution >= 0.6 is 0 Å². The number of hydrogen-bond donors (Lipinski definition) is 2. The first kappa shape index (κ1) is 16.5. The Bertz CT molecular complexity index is 698. The molecule has 0 spiro atoms. The van der Waals surface area contributed by atoms with Crippen molar-refractivity contribution in [3.63, 3.8) is 0 Å². The third-order valence-electron chi connectivity index (χ3n) is 3.41. The molecule has 0 aromatic heterocycles. The van der Waals surface area contributed by atoms with Gasteiger partial charge in [0, 0.05) is 11.8 Å². The van der Waals surface area contributed by atoms with E-state index in [4.69, 9.17) is 4.74 Å². The van der Waals surface area contributed by atoms with Gasteiger partial charge in [0.25, 0.3) is 0 Å². The highest BCUT2D eigenvalue weighted by Gasteiger charge is 2.08. The third kappa shape index (κ3) is 5.14. The Balaban J connectivity index is 1.82. The summed E-state index contributed by atoms with van der Waals surface area (Å²) in [5, 5.41) is 5.34. The standard InChI is InChI=1S/C18H20N2O3/c1-13-6-3-4-7-14(13)10-17(21)19-12-18(22)20-15-8-5-9-16(11-15)23-2/h3-9,11H,10,12H2,1-2H3,(H,19,21)(H,20,22). The second-order valence-electron chi connectivity index (χ2n) is 5.16. The van der Waals surface area contributed by atoms with Crippen LogP contribution in [0, 0.1) is 6.92 Å². The number of methoxy groups -OCH3 is 1. The number of benzene rings is 2. The van der Waals surface area contributed by atoms with E-state index >= 15 is 0 Å². The first-order valence-corrected chi connectivity index (χ1v) is 7.33. The summed E-state index contributed by atoms with van der Waals surface area (Å²) in [6, 6.07) is 14.7. The number of carbonyl (C=O) groups excluding carboxylic acids is 2. The van der Waals surface area contributed by atoms with E-state index in [1.807, 2.05) is 31.2 Å². The number of anilines is 1. The maximum absolute atomic E-state index is 11.9. The van der Waals surface area contributed by atoms with Gasteiger partial charge in [0.05, 0.1) is 20.1 Å². The molecular weight excluding hydrogens is 292 g/mol. The molecule has 23 heavy (non-hydrogen) atoms. The Morgan fingerprint density at radius 3 is 2.57 bits per heavy atom. The van der Waals surface area contributed by atoms with Gasteiger partial charge in [-0.15, -0.1) is 0 Å². The lowest BCUT2D eigenvalue weighted by Crippen LogP contribution is -2.33. The van der Waals surface area contributed by atoms with Crippen molar-refractivity contribution in [2.45, 2.75) is 13.3 Å². The fourth-order valence-corrected chi connectivity index (χ4v) is 2.13. The third-order valence-corrected chi connectivity index (χ3v) is 3.41. The molecule has 5 heteroatoms. The molecule has 0 atom stereocenters. The maximum Gasteiger partial charge on any atom is 0.243 e. The highest BCUT2D eigenvalue weighted by atomic mass is 16.5. The molecule has 120 valence electrons. The fourth-order valence-electron chi connectivity index (χ4n) is 2.13. The van der Waals surface area contributed by atoms with Crippen molar-refractivity contribution >= 4 is 17.5 Å². The molecule has 0 fully saturated rings. The summed E-state index contributed by atoms with van der Waals surface area (Å²) in [7, 11) is 1.56. The summed E-state index contributed by atoms with van der Waals surface area (Å²) in [4.78, 5) is 23.8. The van der Waals surface area contributed by atoms with Crippen LogP contribution in [0.3, 0.4) is 0 Å². The van der Waals surface area contributed by atoms with E-state index in [-0.39, 0.29) is 24.8 Å². The van der Waals surface area contributed by atoms with Crippen molar-refractivity contribution in [2.24, 2.45) is 0 Å². The molecule has 0 bridgehead atoms. The summed E-state index contributed by atoms with van der Waals surface area (Å²) in [6.07, 6.45) is 0.263. The maximum atomic E-state index is 11.9. The summed E-state index contributed by atoms with van der Waals surface area (Å²) in [5.74, 6) is 0.197. The van der Waals surface area contributed by atoms with E-state index in [9.17, 15) is 9.59 Å². The predicted molar refractivity (Wildman–Crippen MR) is 89.5 cm³/mol. The Morgan fingerprint density at radius 2 is 1.83 bits per heavy atom. The zero-order valence-corrected chi connectivity index (χ0v) is 13.3. The second-order valence-corrected chi connectivity index (χ2v) is 5.16. The van der Waals surface area contributed by atoms with Crippen LogP contribution in [0.5, 0.6) is 5.75 Å². The van der Waals surface area contributed by atoms with Gasteiger partial charge in [-0.3, -0.25) is 9.59 Å². The highest BCUT2D eigenvalue weighted by Crippen LogP contribution is 2.16. The summed E-state index contributed by atoms with van der Waals surface area (Å²) < 4.78 is 5.09.